The summed E-state index contributed by atoms with van der Waals surface area (Å²) in [6.45, 7) is 0. The minimum absolute atomic E-state index is 0.145. The minimum atomic E-state index is -1.23. The van der Waals surface area contributed by atoms with Gasteiger partial charge >= 0.3 is 5.97 Å². The Balaban J connectivity index is 2.27. The number of hydrogen-bond donors (Lipinski definition) is 2. The summed E-state index contributed by atoms with van der Waals surface area (Å²) in [4.78, 5) is 33.9. The Hall–Kier alpha value is -1.21. The second kappa shape index (κ2) is 3.99. The molecule has 16 heavy (non-hydrogen) atoms. The molecule has 2 heterocycles. The van der Waals surface area contributed by atoms with E-state index in [4.69, 9.17) is 16.7 Å². The van der Waals surface area contributed by atoms with Gasteiger partial charge in [-0.15, -0.1) is 11.8 Å². The van der Waals surface area contributed by atoms with Gasteiger partial charge in [0.05, 0.1) is 5.03 Å². The molecular weight excluding hydrogens is 256 g/mol. The maximum atomic E-state index is 11.6. The average Bonchev–Trinajstić information content (AvgIpc) is 2.25. The molecule has 0 aromatic rings. The predicted molar refractivity (Wildman–Crippen MR) is 56.6 cm³/mol. The zero-order valence-electron chi connectivity index (χ0n) is 7.84. The molecule has 2 rings (SSSR count). The van der Waals surface area contributed by atoms with Crippen molar-refractivity contribution < 1.29 is 19.5 Å². The first kappa shape index (κ1) is 11.3. The van der Waals surface area contributed by atoms with E-state index in [-0.39, 0.29) is 16.1 Å². The molecule has 0 saturated carbocycles. The van der Waals surface area contributed by atoms with Gasteiger partial charge in [0, 0.05) is 5.75 Å². The van der Waals surface area contributed by atoms with Crippen LogP contribution in [0.25, 0.3) is 0 Å². The van der Waals surface area contributed by atoms with Gasteiger partial charge in [0.2, 0.25) is 6.41 Å². The summed E-state index contributed by atoms with van der Waals surface area (Å²) in [7, 11) is 0. The fourth-order valence-electron chi connectivity index (χ4n) is 1.68. The number of fused-ring (bicyclic) bond motifs is 1. The molecule has 8 heteroatoms. The van der Waals surface area contributed by atoms with Gasteiger partial charge in [-0.25, -0.2) is 4.79 Å². The Morgan fingerprint density at radius 2 is 2.38 bits per heavy atom. The lowest BCUT2D eigenvalue weighted by atomic mass is 10.1. The van der Waals surface area contributed by atoms with Crippen LogP contribution in [0.3, 0.4) is 0 Å². The van der Waals surface area contributed by atoms with Gasteiger partial charge in [0.15, 0.2) is 0 Å². The number of carboxylic acids is 1. The molecule has 1 fully saturated rings. The van der Waals surface area contributed by atoms with E-state index in [0.717, 1.165) is 4.90 Å². The van der Waals surface area contributed by atoms with Gasteiger partial charge in [0.1, 0.15) is 17.1 Å². The highest BCUT2D eigenvalue weighted by Gasteiger charge is 2.53. The second-order valence-corrected chi connectivity index (χ2v) is 4.79. The number of carbonyl (C=O) groups excluding carboxylic acids is 2. The SMILES string of the molecule is O=CN[C@@H]1C(=O)N2C(C(=O)O)=C(Cl)CS[C@@H]12. The number of carboxylic acid groups (broad SMARTS) is 1. The molecule has 1 saturated heterocycles. The van der Waals surface area contributed by atoms with Gasteiger partial charge in [-0.3, -0.25) is 14.5 Å². The summed E-state index contributed by atoms with van der Waals surface area (Å²) < 4.78 is 0. The molecule has 2 N–H and O–H groups in total. The largest absolute Gasteiger partial charge is 0.477 e. The van der Waals surface area contributed by atoms with Crippen LogP contribution in [-0.4, -0.2) is 45.5 Å². The smallest absolute Gasteiger partial charge is 0.353 e. The number of carbonyl (C=O) groups is 3. The summed E-state index contributed by atoms with van der Waals surface area (Å²) in [5, 5.41) is 11.1. The molecule has 6 nitrogen and oxygen atoms in total. The molecule has 2 amide bonds. The van der Waals surface area contributed by atoms with E-state index in [1.807, 2.05) is 0 Å². The van der Waals surface area contributed by atoms with Crippen molar-refractivity contribution in [3.05, 3.63) is 10.7 Å². The van der Waals surface area contributed by atoms with Crippen LogP contribution in [0.4, 0.5) is 0 Å². The van der Waals surface area contributed by atoms with Crippen LogP contribution in [0, 0.1) is 0 Å². The summed E-state index contributed by atoms with van der Waals surface area (Å²) in [6, 6.07) is -0.651. The Bertz CT molecular complexity index is 411. The molecule has 0 radical (unpaired) electrons. The summed E-state index contributed by atoms with van der Waals surface area (Å²) >= 11 is 7.08. The number of nitrogens with zero attached hydrogens (tertiary/aromatic N) is 1. The molecule has 0 spiro atoms. The first-order valence-corrected chi connectivity index (χ1v) is 5.77. The topological polar surface area (TPSA) is 86.7 Å². The third-order valence-corrected chi connectivity index (χ3v) is 4.12. The van der Waals surface area contributed by atoms with E-state index >= 15 is 0 Å². The first-order valence-electron chi connectivity index (χ1n) is 4.34. The van der Waals surface area contributed by atoms with Crippen LogP contribution in [0.15, 0.2) is 10.7 Å². The minimum Gasteiger partial charge on any atom is -0.477 e. The monoisotopic (exact) mass is 262 g/mol. The third kappa shape index (κ3) is 1.47. The van der Waals surface area contributed by atoms with Crippen LogP contribution in [0.5, 0.6) is 0 Å². The average molecular weight is 263 g/mol. The van der Waals surface area contributed by atoms with Crippen molar-refractivity contribution in [2.24, 2.45) is 0 Å². The highest BCUT2D eigenvalue weighted by Crippen LogP contribution is 2.40. The number of amides is 2. The maximum Gasteiger partial charge on any atom is 0.353 e. The molecule has 86 valence electrons. The summed E-state index contributed by atoms with van der Waals surface area (Å²) in [5.41, 5.74) is -0.181. The van der Waals surface area contributed by atoms with Crippen LogP contribution >= 0.6 is 23.4 Å². The Labute approximate surface area is 99.6 Å². The van der Waals surface area contributed by atoms with Crippen molar-refractivity contribution in [2.75, 3.05) is 5.75 Å². The number of thioether (sulfide) groups is 1. The van der Waals surface area contributed by atoms with Gasteiger partial charge < -0.3 is 10.4 Å². The van der Waals surface area contributed by atoms with Crippen molar-refractivity contribution in [3.63, 3.8) is 0 Å². The van der Waals surface area contributed by atoms with Gasteiger partial charge in [-0.2, -0.15) is 0 Å². The van der Waals surface area contributed by atoms with Crippen LogP contribution < -0.4 is 5.32 Å². The molecule has 2 atom stereocenters. The highest BCUT2D eigenvalue weighted by atomic mass is 35.5. The highest BCUT2D eigenvalue weighted by molar-refractivity contribution is 8.00. The van der Waals surface area contributed by atoms with E-state index in [1.54, 1.807) is 0 Å². The van der Waals surface area contributed by atoms with E-state index in [1.165, 1.54) is 11.8 Å². The molecule has 2 aliphatic rings. The molecule has 0 aliphatic carbocycles. The number of rotatable bonds is 3. The zero-order valence-corrected chi connectivity index (χ0v) is 9.42. The van der Waals surface area contributed by atoms with Crippen molar-refractivity contribution >= 4 is 41.6 Å². The lowest BCUT2D eigenvalue weighted by Crippen LogP contribution is -2.69. The quantitative estimate of drug-likeness (QED) is 0.531. The van der Waals surface area contributed by atoms with Crippen molar-refractivity contribution in [1.82, 2.24) is 10.2 Å². The van der Waals surface area contributed by atoms with Crippen LogP contribution in [-0.2, 0) is 14.4 Å². The third-order valence-electron chi connectivity index (χ3n) is 2.37. The molecule has 0 aromatic heterocycles. The van der Waals surface area contributed by atoms with Crippen LogP contribution in [0.1, 0.15) is 0 Å². The van der Waals surface area contributed by atoms with Gasteiger partial charge in [-0.1, -0.05) is 11.6 Å². The standard InChI is InChI=1S/C8H7ClN2O4S/c9-3-1-16-7-4(10-2-12)6(13)11(7)5(3)8(14)15/h2,4,7H,1H2,(H,10,12)(H,14,15)/t4-,7+/m1/s1. The van der Waals surface area contributed by atoms with E-state index in [0.29, 0.717) is 12.2 Å². The van der Waals surface area contributed by atoms with Crippen LogP contribution in [0.2, 0.25) is 0 Å². The normalized spacial score (nSPS) is 28.3. The molecular formula is C8H7ClN2O4S. The van der Waals surface area contributed by atoms with E-state index in [9.17, 15) is 14.4 Å². The van der Waals surface area contributed by atoms with Crippen molar-refractivity contribution in [3.8, 4) is 0 Å². The number of nitrogens with one attached hydrogen (secondary N) is 1. The lowest BCUT2D eigenvalue weighted by Gasteiger charge is -2.48. The fraction of sp³-hybridized carbons (Fsp3) is 0.375. The number of aliphatic carboxylic acids is 1. The Morgan fingerprint density at radius 1 is 1.69 bits per heavy atom. The lowest BCUT2D eigenvalue weighted by molar-refractivity contribution is -0.149. The van der Waals surface area contributed by atoms with Crippen molar-refractivity contribution in [1.29, 1.82) is 0 Å². The Kier molecular flexibility index (Phi) is 2.81. The molecule has 2 aliphatic heterocycles. The molecule has 0 unspecified atom stereocenters. The molecule has 0 bridgehead atoms. The first-order chi connectivity index (χ1) is 7.57. The summed E-state index contributed by atoms with van der Waals surface area (Å²) in [6.07, 6.45) is 0.431. The van der Waals surface area contributed by atoms with Crippen molar-refractivity contribution in [2.45, 2.75) is 11.4 Å². The number of halogens is 1. The predicted octanol–water partition coefficient (Wildman–Crippen LogP) is -0.449. The zero-order chi connectivity index (χ0) is 11.9. The number of hydrogen-bond acceptors (Lipinski definition) is 4. The van der Waals surface area contributed by atoms with E-state index in [2.05, 4.69) is 5.32 Å². The molecule has 0 aromatic carbocycles. The number of β-lactam (4-membered cyclic amide) rings is 1. The summed E-state index contributed by atoms with van der Waals surface area (Å²) in [5.74, 6) is -1.35. The fourth-order valence-corrected chi connectivity index (χ4v) is 3.24. The van der Waals surface area contributed by atoms with Gasteiger partial charge in [0.25, 0.3) is 5.91 Å². The van der Waals surface area contributed by atoms with E-state index < -0.39 is 17.9 Å². The maximum absolute atomic E-state index is 11.6. The van der Waals surface area contributed by atoms with Gasteiger partial charge in [-0.05, 0) is 0 Å². The second-order valence-electron chi connectivity index (χ2n) is 3.23. The Morgan fingerprint density at radius 3 is 2.94 bits per heavy atom.